The molecule has 0 bridgehead atoms. The molecule has 0 aliphatic carbocycles. The number of unbranched alkanes of at least 4 members (excludes halogenated alkanes) is 1. The average Bonchev–Trinajstić information content (AvgIpc) is 1.82. The van der Waals surface area contributed by atoms with Gasteiger partial charge in [0.25, 0.3) is 0 Å². The molecule has 0 aromatic rings. The SMILES string of the molecule is CC(C)CCCCN1CCC1. The highest BCUT2D eigenvalue weighted by Gasteiger charge is 2.11. The van der Waals surface area contributed by atoms with Crippen molar-refractivity contribution in [3.63, 3.8) is 0 Å². The Morgan fingerprint density at radius 2 is 1.91 bits per heavy atom. The third-order valence-corrected chi connectivity index (χ3v) is 2.45. The zero-order valence-electron chi connectivity index (χ0n) is 7.97. The molecule has 0 aromatic heterocycles. The minimum atomic E-state index is 0.895. The monoisotopic (exact) mass is 155 g/mol. The van der Waals surface area contributed by atoms with E-state index in [0.29, 0.717) is 0 Å². The lowest BCUT2D eigenvalue weighted by molar-refractivity contribution is 0.177. The molecule has 1 aliphatic heterocycles. The van der Waals surface area contributed by atoms with E-state index in [1.807, 2.05) is 0 Å². The van der Waals surface area contributed by atoms with Crippen LogP contribution in [0.15, 0.2) is 0 Å². The predicted octanol–water partition coefficient (Wildman–Crippen LogP) is 2.52. The summed E-state index contributed by atoms with van der Waals surface area (Å²) in [6, 6.07) is 0. The van der Waals surface area contributed by atoms with Gasteiger partial charge in [0.05, 0.1) is 0 Å². The Bertz CT molecular complexity index is 95.0. The third-order valence-electron chi connectivity index (χ3n) is 2.45. The van der Waals surface area contributed by atoms with Gasteiger partial charge in [0.2, 0.25) is 0 Å². The molecule has 0 aromatic carbocycles. The van der Waals surface area contributed by atoms with E-state index >= 15 is 0 Å². The number of likely N-dealkylation sites (tertiary alicyclic amines) is 1. The molecule has 0 atom stereocenters. The minimum absolute atomic E-state index is 0.895. The Hall–Kier alpha value is -0.0400. The van der Waals surface area contributed by atoms with E-state index in [1.165, 1.54) is 45.3 Å². The summed E-state index contributed by atoms with van der Waals surface area (Å²) in [6.45, 7) is 8.70. The summed E-state index contributed by atoms with van der Waals surface area (Å²) < 4.78 is 0. The van der Waals surface area contributed by atoms with Crippen LogP contribution < -0.4 is 0 Å². The van der Waals surface area contributed by atoms with Crippen molar-refractivity contribution in [2.45, 2.75) is 39.5 Å². The van der Waals surface area contributed by atoms with Crippen molar-refractivity contribution < 1.29 is 0 Å². The zero-order chi connectivity index (χ0) is 8.10. The molecule has 66 valence electrons. The topological polar surface area (TPSA) is 3.24 Å². The van der Waals surface area contributed by atoms with Crippen molar-refractivity contribution in [2.24, 2.45) is 5.92 Å². The number of hydrogen-bond donors (Lipinski definition) is 0. The molecular weight excluding hydrogens is 134 g/mol. The number of nitrogens with zero attached hydrogens (tertiary/aromatic N) is 1. The van der Waals surface area contributed by atoms with Crippen molar-refractivity contribution >= 4 is 0 Å². The van der Waals surface area contributed by atoms with Gasteiger partial charge < -0.3 is 4.90 Å². The van der Waals surface area contributed by atoms with Crippen LogP contribution in [0.25, 0.3) is 0 Å². The van der Waals surface area contributed by atoms with Crippen LogP contribution in [0, 0.1) is 5.92 Å². The number of hydrogen-bond acceptors (Lipinski definition) is 1. The molecular formula is C10H21N. The van der Waals surface area contributed by atoms with E-state index in [9.17, 15) is 0 Å². The van der Waals surface area contributed by atoms with Crippen LogP contribution in [0.4, 0.5) is 0 Å². The molecule has 1 heteroatoms. The van der Waals surface area contributed by atoms with Crippen LogP contribution in [0.5, 0.6) is 0 Å². The lowest BCUT2D eigenvalue weighted by atomic mass is 10.1. The van der Waals surface area contributed by atoms with Gasteiger partial charge in [-0.1, -0.05) is 26.7 Å². The molecule has 0 spiro atoms. The van der Waals surface area contributed by atoms with Crippen molar-refractivity contribution in [1.29, 1.82) is 0 Å². The van der Waals surface area contributed by atoms with Crippen LogP contribution in [-0.4, -0.2) is 24.5 Å². The molecule has 0 N–H and O–H groups in total. The maximum Gasteiger partial charge on any atom is -0.000654 e. The summed E-state index contributed by atoms with van der Waals surface area (Å²) in [5.74, 6) is 0.895. The average molecular weight is 155 g/mol. The first-order chi connectivity index (χ1) is 5.29. The van der Waals surface area contributed by atoms with Gasteiger partial charge in [-0.2, -0.15) is 0 Å². The summed E-state index contributed by atoms with van der Waals surface area (Å²) in [5.41, 5.74) is 0. The second-order valence-corrected chi connectivity index (χ2v) is 4.08. The summed E-state index contributed by atoms with van der Waals surface area (Å²) in [6.07, 6.45) is 5.68. The Labute approximate surface area is 70.8 Å². The standard InChI is InChI=1S/C10H21N/c1-10(2)6-3-4-7-11-8-5-9-11/h10H,3-9H2,1-2H3. The van der Waals surface area contributed by atoms with Gasteiger partial charge in [0.1, 0.15) is 0 Å². The predicted molar refractivity (Wildman–Crippen MR) is 49.7 cm³/mol. The van der Waals surface area contributed by atoms with Gasteiger partial charge in [-0.3, -0.25) is 0 Å². The molecule has 1 heterocycles. The summed E-state index contributed by atoms with van der Waals surface area (Å²) in [4.78, 5) is 2.56. The van der Waals surface area contributed by atoms with Gasteiger partial charge in [0, 0.05) is 0 Å². The van der Waals surface area contributed by atoms with Gasteiger partial charge in [-0.15, -0.1) is 0 Å². The first kappa shape index (κ1) is 9.05. The Kier molecular flexibility index (Phi) is 3.92. The van der Waals surface area contributed by atoms with Gasteiger partial charge >= 0.3 is 0 Å². The summed E-state index contributed by atoms with van der Waals surface area (Å²) in [5, 5.41) is 0. The second-order valence-electron chi connectivity index (χ2n) is 4.08. The van der Waals surface area contributed by atoms with Gasteiger partial charge in [-0.05, 0) is 38.4 Å². The largest absolute Gasteiger partial charge is 0.303 e. The smallest absolute Gasteiger partial charge is 0.000654 e. The van der Waals surface area contributed by atoms with E-state index in [0.717, 1.165) is 5.92 Å². The fourth-order valence-corrected chi connectivity index (χ4v) is 1.49. The molecule has 11 heavy (non-hydrogen) atoms. The lowest BCUT2D eigenvalue weighted by Crippen LogP contribution is -2.37. The highest BCUT2D eigenvalue weighted by molar-refractivity contribution is 4.67. The highest BCUT2D eigenvalue weighted by Crippen LogP contribution is 2.10. The maximum absolute atomic E-state index is 2.56. The molecule has 1 nitrogen and oxygen atoms in total. The maximum atomic E-state index is 2.56. The van der Waals surface area contributed by atoms with E-state index in [4.69, 9.17) is 0 Å². The third kappa shape index (κ3) is 3.76. The minimum Gasteiger partial charge on any atom is -0.303 e. The first-order valence-electron chi connectivity index (χ1n) is 5.01. The van der Waals surface area contributed by atoms with E-state index < -0.39 is 0 Å². The Morgan fingerprint density at radius 1 is 1.18 bits per heavy atom. The summed E-state index contributed by atoms with van der Waals surface area (Å²) >= 11 is 0. The molecule has 1 rings (SSSR count). The van der Waals surface area contributed by atoms with Crippen molar-refractivity contribution in [3.05, 3.63) is 0 Å². The van der Waals surface area contributed by atoms with Crippen molar-refractivity contribution in [1.82, 2.24) is 4.90 Å². The zero-order valence-corrected chi connectivity index (χ0v) is 7.97. The van der Waals surface area contributed by atoms with Crippen LogP contribution in [0.1, 0.15) is 39.5 Å². The summed E-state index contributed by atoms with van der Waals surface area (Å²) in [7, 11) is 0. The Morgan fingerprint density at radius 3 is 2.36 bits per heavy atom. The highest BCUT2D eigenvalue weighted by atomic mass is 15.2. The fraction of sp³-hybridized carbons (Fsp3) is 1.00. The Balaban J connectivity index is 1.80. The van der Waals surface area contributed by atoms with Crippen LogP contribution in [0.3, 0.4) is 0 Å². The van der Waals surface area contributed by atoms with Crippen LogP contribution in [-0.2, 0) is 0 Å². The molecule has 1 saturated heterocycles. The molecule has 1 aliphatic rings. The molecule has 0 saturated carbocycles. The molecule has 0 unspecified atom stereocenters. The van der Waals surface area contributed by atoms with Crippen molar-refractivity contribution in [3.8, 4) is 0 Å². The van der Waals surface area contributed by atoms with E-state index in [2.05, 4.69) is 18.7 Å². The van der Waals surface area contributed by atoms with E-state index in [-0.39, 0.29) is 0 Å². The van der Waals surface area contributed by atoms with E-state index in [1.54, 1.807) is 0 Å². The fourth-order valence-electron chi connectivity index (χ4n) is 1.49. The number of rotatable bonds is 5. The molecule has 1 fully saturated rings. The van der Waals surface area contributed by atoms with Gasteiger partial charge in [-0.25, -0.2) is 0 Å². The molecule has 0 amide bonds. The second kappa shape index (κ2) is 4.76. The van der Waals surface area contributed by atoms with Gasteiger partial charge in [0.15, 0.2) is 0 Å². The lowest BCUT2D eigenvalue weighted by Gasteiger charge is -2.30. The van der Waals surface area contributed by atoms with Crippen LogP contribution in [0.2, 0.25) is 0 Å². The van der Waals surface area contributed by atoms with Crippen molar-refractivity contribution in [2.75, 3.05) is 19.6 Å². The quantitative estimate of drug-likeness (QED) is 0.551. The van der Waals surface area contributed by atoms with Crippen LogP contribution >= 0.6 is 0 Å². The molecule has 0 radical (unpaired) electrons. The normalized spacial score (nSPS) is 18.8. The first-order valence-corrected chi connectivity index (χ1v) is 5.01.